The minimum atomic E-state index is 0.165. The molecule has 82 valence electrons. The number of hydrogen-bond acceptors (Lipinski definition) is 2. The maximum atomic E-state index is 12.1. The van der Waals surface area contributed by atoms with E-state index in [9.17, 15) is 4.79 Å². The molecule has 0 radical (unpaired) electrons. The second-order valence-corrected chi connectivity index (χ2v) is 4.82. The van der Waals surface area contributed by atoms with Crippen LogP contribution in [0, 0.1) is 0 Å². The summed E-state index contributed by atoms with van der Waals surface area (Å²) in [5.74, 6) is 0.941. The highest BCUT2D eigenvalue weighted by Gasteiger charge is 2.27. The standard InChI is InChI=1S/C12H17NOS/c1-8(2)11-6-3-9(7-15)12(14)13(11)10-4-5-10/h3,6,8,10,15H,4-5,7H2,1-2H3. The van der Waals surface area contributed by atoms with E-state index in [1.807, 2.05) is 10.6 Å². The molecule has 0 aromatic carbocycles. The van der Waals surface area contributed by atoms with Crippen molar-refractivity contribution >= 4 is 12.6 Å². The summed E-state index contributed by atoms with van der Waals surface area (Å²) < 4.78 is 1.98. The summed E-state index contributed by atoms with van der Waals surface area (Å²) in [5.41, 5.74) is 2.14. The predicted octanol–water partition coefficient (Wildman–Crippen LogP) is 2.74. The van der Waals surface area contributed by atoms with Crippen molar-refractivity contribution < 1.29 is 0 Å². The molecule has 1 fully saturated rings. The third-order valence-electron chi connectivity index (χ3n) is 2.90. The van der Waals surface area contributed by atoms with Gasteiger partial charge in [0.05, 0.1) is 0 Å². The first-order valence-corrected chi connectivity index (χ1v) is 6.13. The van der Waals surface area contributed by atoms with Crippen LogP contribution in [0.2, 0.25) is 0 Å². The first-order chi connectivity index (χ1) is 7.15. The Bertz CT molecular complexity index is 418. The van der Waals surface area contributed by atoms with Gasteiger partial charge in [-0.05, 0) is 24.8 Å². The lowest BCUT2D eigenvalue weighted by molar-refractivity contribution is 0.622. The van der Waals surface area contributed by atoms with E-state index in [0.29, 0.717) is 17.7 Å². The summed E-state index contributed by atoms with van der Waals surface area (Å²) in [4.78, 5) is 12.1. The fraction of sp³-hybridized carbons (Fsp3) is 0.583. The predicted molar refractivity (Wildman–Crippen MR) is 65.8 cm³/mol. The van der Waals surface area contributed by atoms with Crippen LogP contribution >= 0.6 is 12.6 Å². The fourth-order valence-corrected chi connectivity index (χ4v) is 2.15. The molecule has 1 aliphatic carbocycles. The zero-order chi connectivity index (χ0) is 11.0. The molecular weight excluding hydrogens is 206 g/mol. The van der Waals surface area contributed by atoms with Gasteiger partial charge >= 0.3 is 0 Å². The minimum absolute atomic E-state index is 0.165. The first kappa shape index (κ1) is 10.8. The van der Waals surface area contributed by atoms with Gasteiger partial charge in [-0.25, -0.2) is 0 Å². The van der Waals surface area contributed by atoms with E-state index in [2.05, 4.69) is 32.5 Å². The molecule has 1 aromatic heterocycles. The SMILES string of the molecule is CC(C)c1ccc(CS)c(=O)n1C1CC1. The van der Waals surface area contributed by atoms with Gasteiger partial charge in [-0.15, -0.1) is 0 Å². The van der Waals surface area contributed by atoms with Crippen molar-refractivity contribution in [1.29, 1.82) is 0 Å². The highest BCUT2D eigenvalue weighted by Crippen LogP contribution is 2.36. The van der Waals surface area contributed by atoms with Crippen LogP contribution in [-0.4, -0.2) is 4.57 Å². The molecule has 0 N–H and O–H groups in total. The zero-order valence-electron chi connectivity index (χ0n) is 9.23. The molecule has 2 rings (SSSR count). The molecule has 0 saturated heterocycles. The Labute approximate surface area is 95.7 Å². The summed E-state index contributed by atoms with van der Waals surface area (Å²) >= 11 is 4.19. The fourth-order valence-electron chi connectivity index (χ4n) is 1.91. The Kier molecular flexibility index (Phi) is 2.91. The number of pyridine rings is 1. The molecule has 1 heterocycles. The Hall–Kier alpha value is -0.700. The molecule has 3 heteroatoms. The van der Waals surface area contributed by atoms with Crippen molar-refractivity contribution in [3.05, 3.63) is 33.7 Å². The van der Waals surface area contributed by atoms with Crippen LogP contribution in [0.5, 0.6) is 0 Å². The lowest BCUT2D eigenvalue weighted by atomic mass is 10.1. The van der Waals surface area contributed by atoms with Gasteiger partial charge in [0, 0.05) is 23.1 Å². The van der Waals surface area contributed by atoms with Gasteiger partial charge in [-0.3, -0.25) is 4.79 Å². The molecule has 0 spiro atoms. The topological polar surface area (TPSA) is 22.0 Å². The van der Waals surface area contributed by atoms with Gasteiger partial charge in [-0.2, -0.15) is 12.6 Å². The van der Waals surface area contributed by atoms with Gasteiger partial charge in [0.2, 0.25) is 0 Å². The molecule has 0 amide bonds. The Morgan fingerprint density at radius 2 is 2.13 bits per heavy atom. The van der Waals surface area contributed by atoms with E-state index in [1.54, 1.807) is 0 Å². The average Bonchev–Trinajstić information content (AvgIpc) is 3.00. The van der Waals surface area contributed by atoms with E-state index in [0.717, 1.165) is 24.1 Å². The maximum Gasteiger partial charge on any atom is 0.255 e. The lowest BCUT2D eigenvalue weighted by Gasteiger charge is -2.16. The van der Waals surface area contributed by atoms with Crippen LogP contribution < -0.4 is 5.56 Å². The number of aromatic nitrogens is 1. The number of nitrogens with zero attached hydrogens (tertiary/aromatic N) is 1. The molecule has 1 aliphatic rings. The molecule has 15 heavy (non-hydrogen) atoms. The van der Waals surface area contributed by atoms with Gasteiger partial charge < -0.3 is 4.57 Å². The average molecular weight is 223 g/mol. The normalized spacial score (nSPS) is 16.0. The summed E-state index contributed by atoms with van der Waals surface area (Å²) in [7, 11) is 0. The third kappa shape index (κ3) is 1.98. The van der Waals surface area contributed by atoms with Crippen LogP contribution in [-0.2, 0) is 5.75 Å². The van der Waals surface area contributed by atoms with Crippen LogP contribution in [0.4, 0.5) is 0 Å². The molecular formula is C12H17NOS. The van der Waals surface area contributed by atoms with Crippen molar-refractivity contribution in [2.45, 2.75) is 44.4 Å². The summed E-state index contributed by atoms with van der Waals surface area (Å²) in [6, 6.07) is 4.45. The van der Waals surface area contributed by atoms with Gasteiger partial charge in [0.15, 0.2) is 0 Å². The van der Waals surface area contributed by atoms with Crippen molar-refractivity contribution in [2.75, 3.05) is 0 Å². The minimum Gasteiger partial charge on any atom is -0.309 e. The second-order valence-electron chi connectivity index (χ2n) is 4.50. The van der Waals surface area contributed by atoms with E-state index >= 15 is 0 Å². The van der Waals surface area contributed by atoms with Crippen molar-refractivity contribution in [1.82, 2.24) is 4.57 Å². The molecule has 0 atom stereocenters. The highest BCUT2D eigenvalue weighted by atomic mass is 32.1. The van der Waals surface area contributed by atoms with E-state index in [4.69, 9.17) is 0 Å². The van der Waals surface area contributed by atoms with Crippen LogP contribution in [0.3, 0.4) is 0 Å². The van der Waals surface area contributed by atoms with Crippen molar-refractivity contribution in [2.24, 2.45) is 0 Å². The van der Waals surface area contributed by atoms with Gasteiger partial charge in [0.25, 0.3) is 5.56 Å². The summed E-state index contributed by atoms with van der Waals surface area (Å²) in [6.07, 6.45) is 2.30. The molecule has 0 bridgehead atoms. The van der Waals surface area contributed by atoms with Crippen LogP contribution in [0.25, 0.3) is 0 Å². The lowest BCUT2D eigenvalue weighted by Crippen LogP contribution is -2.25. The summed E-state index contributed by atoms with van der Waals surface area (Å²) in [6.45, 7) is 4.27. The largest absolute Gasteiger partial charge is 0.309 e. The third-order valence-corrected chi connectivity index (χ3v) is 3.24. The van der Waals surface area contributed by atoms with E-state index < -0.39 is 0 Å². The van der Waals surface area contributed by atoms with Crippen LogP contribution in [0.1, 0.15) is 49.9 Å². The van der Waals surface area contributed by atoms with E-state index in [-0.39, 0.29) is 5.56 Å². The summed E-state index contributed by atoms with van der Waals surface area (Å²) in [5, 5.41) is 0. The number of hydrogen-bond donors (Lipinski definition) is 1. The van der Waals surface area contributed by atoms with Crippen molar-refractivity contribution in [3.8, 4) is 0 Å². The molecule has 1 aromatic rings. The maximum absolute atomic E-state index is 12.1. The van der Waals surface area contributed by atoms with Crippen molar-refractivity contribution in [3.63, 3.8) is 0 Å². The van der Waals surface area contributed by atoms with Gasteiger partial charge in [0.1, 0.15) is 0 Å². The zero-order valence-corrected chi connectivity index (χ0v) is 10.1. The monoisotopic (exact) mass is 223 g/mol. The Balaban J connectivity index is 2.57. The number of thiol groups is 1. The Morgan fingerprint density at radius 1 is 1.47 bits per heavy atom. The second kappa shape index (κ2) is 4.05. The molecule has 2 nitrogen and oxygen atoms in total. The highest BCUT2D eigenvalue weighted by molar-refractivity contribution is 7.79. The quantitative estimate of drug-likeness (QED) is 0.782. The van der Waals surface area contributed by atoms with Gasteiger partial charge in [-0.1, -0.05) is 19.9 Å². The smallest absolute Gasteiger partial charge is 0.255 e. The van der Waals surface area contributed by atoms with E-state index in [1.165, 1.54) is 0 Å². The number of rotatable bonds is 3. The molecule has 0 aliphatic heterocycles. The van der Waals surface area contributed by atoms with Crippen LogP contribution in [0.15, 0.2) is 16.9 Å². The molecule has 0 unspecified atom stereocenters. The molecule has 1 saturated carbocycles. The first-order valence-electron chi connectivity index (χ1n) is 5.50. The Morgan fingerprint density at radius 3 is 2.60 bits per heavy atom.